The first kappa shape index (κ1) is 22.0. The molecule has 0 N–H and O–H groups in total. The van der Waals surface area contributed by atoms with Crippen LogP contribution < -0.4 is 24.7 Å². The second-order valence-electron chi connectivity index (χ2n) is 7.38. The second-order valence-corrected chi connectivity index (χ2v) is 7.38. The lowest BCUT2D eigenvalue weighted by Crippen LogP contribution is -2.29. The molecule has 0 saturated carbocycles. The topological polar surface area (TPSA) is 78.2 Å². The predicted molar refractivity (Wildman–Crippen MR) is 127 cm³/mol. The van der Waals surface area contributed by atoms with Crippen molar-refractivity contribution in [3.63, 3.8) is 0 Å². The summed E-state index contributed by atoms with van der Waals surface area (Å²) in [7, 11) is 4.71. The van der Waals surface area contributed by atoms with Gasteiger partial charge in [-0.15, -0.1) is 0 Å². The summed E-state index contributed by atoms with van der Waals surface area (Å²) in [5.41, 5.74) is 2.35. The summed E-state index contributed by atoms with van der Waals surface area (Å²) in [6.07, 6.45) is -0.554. The van der Waals surface area contributed by atoms with E-state index in [0.717, 1.165) is 10.9 Å². The highest BCUT2D eigenvalue weighted by atomic mass is 16.6. The molecule has 33 heavy (non-hydrogen) atoms. The molecule has 0 radical (unpaired) electrons. The number of aryl methyl sites for hydroxylation is 1. The number of benzene rings is 3. The average Bonchev–Trinajstić information content (AvgIpc) is 2.83. The average molecular weight is 445 g/mol. The number of hydrogen-bond donors (Lipinski definition) is 0. The molecule has 0 saturated heterocycles. The monoisotopic (exact) mass is 445 g/mol. The zero-order valence-corrected chi connectivity index (χ0v) is 18.7. The zero-order chi connectivity index (χ0) is 23.5. The lowest BCUT2D eigenvalue weighted by molar-refractivity contribution is 0.209. The number of nitrogens with zero attached hydrogens (tertiary/aromatic N) is 1. The van der Waals surface area contributed by atoms with Gasteiger partial charge in [-0.3, -0.25) is 4.90 Å². The maximum absolute atomic E-state index is 12.9. The minimum atomic E-state index is -0.554. The van der Waals surface area contributed by atoms with Gasteiger partial charge >= 0.3 is 11.7 Å². The Morgan fingerprint density at radius 3 is 2.33 bits per heavy atom. The van der Waals surface area contributed by atoms with Gasteiger partial charge in [-0.25, -0.2) is 9.59 Å². The lowest BCUT2D eigenvalue weighted by atomic mass is 9.99. The molecule has 4 aromatic rings. The van der Waals surface area contributed by atoms with Gasteiger partial charge in [-0.1, -0.05) is 24.3 Å². The van der Waals surface area contributed by atoms with Crippen LogP contribution in [0.15, 0.2) is 75.9 Å². The van der Waals surface area contributed by atoms with Crippen LogP contribution >= 0.6 is 0 Å². The number of methoxy groups -OCH3 is 2. The Morgan fingerprint density at radius 2 is 1.64 bits per heavy atom. The van der Waals surface area contributed by atoms with E-state index in [-0.39, 0.29) is 5.75 Å². The minimum Gasteiger partial charge on any atom is -0.493 e. The van der Waals surface area contributed by atoms with Crippen LogP contribution in [0.25, 0.3) is 22.1 Å². The molecule has 0 fully saturated rings. The van der Waals surface area contributed by atoms with E-state index in [2.05, 4.69) is 0 Å². The van der Waals surface area contributed by atoms with Crippen LogP contribution in [0.4, 0.5) is 10.5 Å². The summed E-state index contributed by atoms with van der Waals surface area (Å²) in [6, 6.07) is 19.4. The van der Waals surface area contributed by atoms with Crippen LogP contribution in [0, 0.1) is 6.92 Å². The summed E-state index contributed by atoms with van der Waals surface area (Å²) in [5, 5.41) is 0.732. The van der Waals surface area contributed by atoms with E-state index in [1.54, 1.807) is 62.7 Å². The van der Waals surface area contributed by atoms with E-state index >= 15 is 0 Å². The fourth-order valence-corrected chi connectivity index (χ4v) is 3.65. The quantitative estimate of drug-likeness (QED) is 0.382. The molecule has 1 heterocycles. The molecule has 168 valence electrons. The predicted octanol–water partition coefficient (Wildman–Crippen LogP) is 5.42. The molecule has 1 aromatic heterocycles. The van der Waals surface area contributed by atoms with E-state index in [1.807, 2.05) is 25.1 Å². The molecule has 0 spiro atoms. The summed E-state index contributed by atoms with van der Waals surface area (Å²) in [4.78, 5) is 26.8. The summed E-state index contributed by atoms with van der Waals surface area (Å²) in [5.74, 6) is 1.35. The first-order chi connectivity index (χ1) is 15.9. The highest BCUT2D eigenvalue weighted by Gasteiger charge is 2.18. The van der Waals surface area contributed by atoms with E-state index in [9.17, 15) is 9.59 Å². The molecular formula is C26H23NO6. The summed E-state index contributed by atoms with van der Waals surface area (Å²) < 4.78 is 21.7. The van der Waals surface area contributed by atoms with E-state index in [4.69, 9.17) is 18.6 Å². The molecule has 0 aliphatic heterocycles. The van der Waals surface area contributed by atoms with Gasteiger partial charge in [-0.2, -0.15) is 0 Å². The van der Waals surface area contributed by atoms with Crippen molar-refractivity contribution in [1.29, 1.82) is 0 Å². The van der Waals surface area contributed by atoms with Crippen molar-refractivity contribution < 1.29 is 23.4 Å². The normalized spacial score (nSPS) is 10.7. The maximum atomic E-state index is 12.9. The van der Waals surface area contributed by atoms with Crippen LogP contribution in [-0.2, 0) is 0 Å². The van der Waals surface area contributed by atoms with Crippen LogP contribution in [0.5, 0.6) is 17.2 Å². The molecule has 0 aliphatic rings. The van der Waals surface area contributed by atoms with E-state index < -0.39 is 11.7 Å². The number of carbonyl (C=O) groups excluding carboxylic acids is 1. The largest absolute Gasteiger partial charge is 0.493 e. The Labute approximate surface area is 190 Å². The van der Waals surface area contributed by atoms with Gasteiger partial charge in [0.25, 0.3) is 0 Å². The number of amides is 1. The van der Waals surface area contributed by atoms with Gasteiger partial charge in [0.15, 0.2) is 11.5 Å². The van der Waals surface area contributed by atoms with Gasteiger partial charge < -0.3 is 18.6 Å². The van der Waals surface area contributed by atoms with Crippen molar-refractivity contribution >= 4 is 22.7 Å². The van der Waals surface area contributed by atoms with Gasteiger partial charge in [0.1, 0.15) is 11.3 Å². The van der Waals surface area contributed by atoms with Crippen molar-refractivity contribution in [3.8, 4) is 28.4 Å². The van der Waals surface area contributed by atoms with Gasteiger partial charge in [0.2, 0.25) is 0 Å². The lowest BCUT2D eigenvalue weighted by Gasteiger charge is -2.17. The Kier molecular flexibility index (Phi) is 6.04. The van der Waals surface area contributed by atoms with Crippen molar-refractivity contribution in [2.24, 2.45) is 0 Å². The smallest absolute Gasteiger partial charge is 0.419 e. The van der Waals surface area contributed by atoms with Gasteiger partial charge in [0, 0.05) is 24.2 Å². The molecule has 0 aliphatic carbocycles. The third kappa shape index (κ3) is 4.25. The van der Waals surface area contributed by atoms with Crippen LogP contribution in [0.1, 0.15) is 5.56 Å². The van der Waals surface area contributed by atoms with Crippen molar-refractivity contribution in [2.75, 3.05) is 26.2 Å². The van der Waals surface area contributed by atoms with E-state index in [0.29, 0.717) is 33.9 Å². The zero-order valence-electron chi connectivity index (χ0n) is 18.7. The fraction of sp³-hybridized carbons (Fsp3) is 0.154. The highest BCUT2D eigenvalue weighted by Crippen LogP contribution is 2.34. The van der Waals surface area contributed by atoms with Crippen LogP contribution in [-0.4, -0.2) is 27.4 Å². The fourth-order valence-electron chi connectivity index (χ4n) is 3.65. The minimum absolute atomic E-state index is 0.275. The van der Waals surface area contributed by atoms with Crippen LogP contribution in [0.2, 0.25) is 0 Å². The van der Waals surface area contributed by atoms with Crippen molar-refractivity contribution in [3.05, 3.63) is 82.7 Å². The Bertz CT molecular complexity index is 1380. The SMILES string of the molecule is COc1ccc(-c2c(C)c3ccc(OC(=O)N(C)c4ccccc4)cc3oc2=O)cc1OC. The molecule has 1 amide bonds. The standard InChI is InChI=1S/C26H23NO6/c1-16-20-12-11-19(32-26(29)27(2)18-8-6-5-7-9-18)15-22(20)33-25(28)24(16)17-10-13-21(30-3)23(14-17)31-4/h5-15H,1-4H3. The van der Waals surface area contributed by atoms with Gasteiger partial charge in [-0.05, 0) is 54.4 Å². The number of carbonyl (C=O) groups is 1. The summed E-state index contributed by atoms with van der Waals surface area (Å²) in [6.45, 7) is 1.85. The van der Waals surface area contributed by atoms with Crippen molar-refractivity contribution in [1.82, 2.24) is 0 Å². The van der Waals surface area contributed by atoms with Crippen LogP contribution in [0.3, 0.4) is 0 Å². The molecule has 4 rings (SSSR count). The molecule has 0 atom stereocenters. The van der Waals surface area contributed by atoms with E-state index in [1.165, 1.54) is 12.0 Å². The number of fused-ring (bicyclic) bond motifs is 1. The first-order valence-electron chi connectivity index (χ1n) is 10.2. The Hall–Kier alpha value is -4.26. The second kappa shape index (κ2) is 9.08. The number of anilines is 1. The maximum Gasteiger partial charge on any atom is 0.419 e. The molecular weight excluding hydrogens is 422 g/mol. The number of hydrogen-bond acceptors (Lipinski definition) is 6. The molecule has 7 heteroatoms. The number of rotatable bonds is 5. The first-order valence-corrected chi connectivity index (χ1v) is 10.2. The molecule has 0 unspecified atom stereocenters. The third-order valence-electron chi connectivity index (χ3n) is 5.43. The Morgan fingerprint density at radius 1 is 0.909 bits per heavy atom. The number of para-hydroxylation sites is 1. The Balaban J connectivity index is 1.68. The highest BCUT2D eigenvalue weighted by molar-refractivity contribution is 5.91. The number of ether oxygens (including phenoxy) is 3. The summed E-state index contributed by atoms with van der Waals surface area (Å²) >= 11 is 0. The van der Waals surface area contributed by atoms with Gasteiger partial charge in [0.05, 0.1) is 19.8 Å². The van der Waals surface area contributed by atoms with Crippen molar-refractivity contribution in [2.45, 2.75) is 6.92 Å². The molecule has 0 bridgehead atoms. The molecule has 3 aromatic carbocycles. The third-order valence-corrected chi connectivity index (χ3v) is 5.43. The molecule has 7 nitrogen and oxygen atoms in total.